The van der Waals surface area contributed by atoms with Crippen LogP contribution in [0.5, 0.6) is 0 Å². The number of hydrogen-bond acceptors (Lipinski definition) is 4. The van der Waals surface area contributed by atoms with Gasteiger partial charge in [0.25, 0.3) is 0 Å². The fraction of sp³-hybridized carbons (Fsp3) is 0.600. The first-order chi connectivity index (χ1) is 5.54. The van der Waals surface area contributed by atoms with E-state index in [1.54, 1.807) is 7.05 Å². The smallest absolute Gasteiger partial charge is 0.416 e. The number of nitrogens with one attached hydrogen (secondary N) is 1. The molecule has 0 saturated heterocycles. The lowest BCUT2D eigenvalue weighted by molar-refractivity contribution is -0.157. The lowest BCUT2D eigenvalue weighted by Crippen LogP contribution is -2.05. The second kappa shape index (κ2) is 3.10. The van der Waals surface area contributed by atoms with E-state index in [2.05, 4.69) is 19.9 Å². The number of rotatable bonds is 2. The highest BCUT2D eigenvalue weighted by Crippen LogP contribution is 2.27. The van der Waals surface area contributed by atoms with Crippen molar-refractivity contribution in [3.63, 3.8) is 0 Å². The Labute approximate surface area is 65.8 Å². The van der Waals surface area contributed by atoms with Gasteiger partial charge in [-0.25, -0.2) is 0 Å². The van der Waals surface area contributed by atoms with Crippen molar-refractivity contribution in [3.05, 3.63) is 11.8 Å². The van der Waals surface area contributed by atoms with Crippen molar-refractivity contribution in [2.45, 2.75) is 12.7 Å². The summed E-state index contributed by atoms with van der Waals surface area (Å²) < 4.78 is 39.8. The molecule has 1 rings (SSSR count). The van der Waals surface area contributed by atoms with Gasteiger partial charge >= 0.3 is 12.1 Å². The van der Waals surface area contributed by atoms with Crippen LogP contribution in [0.15, 0.2) is 4.42 Å². The number of halogens is 3. The summed E-state index contributed by atoms with van der Waals surface area (Å²) in [5.74, 6) is -1.39. The minimum Gasteiger partial charge on any atom is -0.416 e. The molecule has 12 heavy (non-hydrogen) atoms. The van der Waals surface area contributed by atoms with Crippen LogP contribution in [0.1, 0.15) is 11.8 Å². The first-order valence-corrected chi connectivity index (χ1v) is 3.08. The van der Waals surface area contributed by atoms with Crippen molar-refractivity contribution < 1.29 is 17.6 Å². The number of alkyl halides is 3. The molecule has 1 aromatic heterocycles. The van der Waals surface area contributed by atoms with Crippen LogP contribution in [-0.2, 0) is 12.7 Å². The first kappa shape index (κ1) is 8.98. The fourth-order valence-electron chi connectivity index (χ4n) is 0.591. The van der Waals surface area contributed by atoms with Gasteiger partial charge in [0, 0.05) is 0 Å². The quantitative estimate of drug-likeness (QED) is 0.733. The van der Waals surface area contributed by atoms with Gasteiger partial charge in [0.1, 0.15) is 0 Å². The van der Waals surface area contributed by atoms with Crippen LogP contribution in [0.25, 0.3) is 0 Å². The van der Waals surface area contributed by atoms with Gasteiger partial charge in [-0.3, -0.25) is 0 Å². The summed E-state index contributed by atoms with van der Waals surface area (Å²) in [5, 5.41) is 8.58. The Bertz CT molecular complexity index is 257. The highest BCUT2D eigenvalue weighted by atomic mass is 19.4. The third kappa shape index (κ3) is 1.94. The summed E-state index contributed by atoms with van der Waals surface area (Å²) in [7, 11) is 1.57. The van der Waals surface area contributed by atoms with Crippen molar-refractivity contribution in [3.8, 4) is 0 Å². The Morgan fingerprint density at radius 1 is 1.42 bits per heavy atom. The van der Waals surface area contributed by atoms with Gasteiger partial charge in [0.15, 0.2) is 0 Å². The number of hydrogen-bond donors (Lipinski definition) is 1. The van der Waals surface area contributed by atoms with Gasteiger partial charge in [-0.1, -0.05) is 0 Å². The SMILES string of the molecule is CNCc1nnc(C(F)(F)F)o1. The lowest BCUT2D eigenvalue weighted by Gasteiger charge is -1.96. The van der Waals surface area contributed by atoms with E-state index in [0.29, 0.717) is 0 Å². The summed E-state index contributed by atoms with van der Waals surface area (Å²) in [5.41, 5.74) is 0. The zero-order chi connectivity index (χ0) is 9.19. The third-order valence-electron chi connectivity index (χ3n) is 1.04. The van der Waals surface area contributed by atoms with Crippen molar-refractivity contribution >= 4 is 0 Å². The molecule has 0 saturated carbocycles. The minimum absolute atomic E-state index is 0.0789. The maximum absolute atomic E-state index is 11.8. The third-order valence-corrected chi connectivity index (χ3v) is 1.04. The molecule has 0 spiro atoms. The molecule has 0 fully saturated rings. The molecule has 0 aliphatic heterocycles. The molecule has 0 bridgehead atoms. The standard InChI is InChI=1S/C5H6F3N3O/c1-9-2-3-10-11-4(12-3)5(6,7)8/h9H,2H2,1H3. The number of aromatic nitrogens is 2. The largest absolute Gasteiger partial charge is 0.470 e. The molecule has 7 heteroatoms. The molecule has 0 aliphatic carbocycles. The molecular weight excluding hydrogens is 175 g/mol. The second-order valence-corrected chi connectivity index (χ2v) is 2.03. The van der Waals surface area contributed by atoms with E-state index in [9.17, 15) is 13.2 Å². The first-order valence-electron chi connectivity index (χ1n) is 3.08. The van der Waals surface area contributed by atoms with Crippen LogP contribution < -0.4 is 5.32 Å². The van der Waals surface area contributed by atoms with Crippen molar-refractivity contribution in [1.82, 2.24) is 15.5 Å². The predicted octanol–water partition coefficient (Wildman–Crippen LogP) is 0.808. The zero-order valence-corrected chi connectivity index (χ0v) is 6.14. The Kier molecular flexibility index (Phi) is 2.32. The molecule has 1 heterocycles. The van der Waals surface area contributed by atoms with E-state index in [1.165, 1.54) is 0 Å². The van der Waals surface area contributed by atoms with Gasteiger partial charge in [0.05, 0.1) is 6.54 Å². The molecule has 1 aromatic rings. The van der Waals surface area contributed by atoms with Crippen LogP contribution in [0.2, 0.25) is 0 Å². The molecular formula is C5H6F3N3O. The molecule has 0 amide bonds. The van der Waals surface area contributed by atoms with Crippen LogP contribution >= 0.6 is 0 Å². The Morgan fingerprint density at radius 2 is 2.08 bits per heavy atom. The second-order valence-electron chi connectivity index (χ2n) is 2.03. The molecule has 1 N–H and O–H groups in total. The van der Waals surface area contributed by atoms with E-state index in [1.807, 2.05) is 0 Å². The molecule has 0 unspecified atom stereocenters. The molecule has 68 valence electrons. The van der Waals surface area contributed by atoms with E-state index in [0.717, 1.165) is 0 Å². The van der Waals surface area contributed by atoms with Gasteiger partial charge in [0.2, 0.25) is 5.89 Å². The zero-order valence-electron chi connectivity index (χ0n) is 6.14. The van der Waals surface area contributed by atoms with E-state index in [-0.39, 0.29) is 12.4 Å². The molecule has 0 atom stereocenters. The van der Waals surface area contributed by atoms with Gasteiger partial charge in [-0.2, -0.15) is 13.2 Å². The van der Waals surface area contributed by atoms with Gasteiger partial charge < -0.3 is 9.73 Å². The van der Waals surface area contributed by atoms with Crippen molar-refractivity contribution in [1.29, 1.82) is 0 Å². The van der Waals surface area contributed by atoms with E-state index in [4.69, 9.17) is 0 Å². The summed E-state index contributed by atoms with van der Waals surface area (Å²) in [6, 6.07) is 0. The predicted molar refractivity (Wildman–Crippen MR) is 32.1 cm³/mol. The van der Waals surface area contributed by atoms with Crippen molar-refractivity contribution in [2.24, 2.45) is 0 Å². The summed E-state index contributed by atoms with van der Waals surface area (Å²) in [6.45, 7) is 0.128. The maximum Gasteiger partial charge on any atom is 0.470 e. The van der Waals surface area contributed by atoms with Crippen molar-refractivity contribution in [2.75, 3.05) is 7.05 Å². The Hall–Kier alpha value is -1.11. The molecule has 4 nitrogen and oxygen atoms in total. The van der Waals surface area contributed by atoms with Gasteiger partial charge in [-0.15, -0.1) is 10.2 Å². The van der Waals surface area contributed by atoms with Crippen LogP contribution in [0.4, 0.5) is 13.2 Å². The molecule has 0 aliphatic rings. The minimum atomic E-state index is -4.56. The van der Waals surface area contributed by atoms with Crippen LogP contribution in [0.3, 0.4) is 0 Å². The summed E-state index contributed by atoms with van der Waals surface area (Å²) in [6.07, 6.45) is -4.56. The monoisotopic (exact) mass is 181 g/mol. The van der Waals surface area contributed by atoms with Crippen LogP contribution in [0, 0.1) is 0 Å². The molecule has 0 aromatic carbocycles. The van der Waals surface area contributed by atoms with E-state index < -0.39 is 12.1 Å². The highest BCUT2D eigenvalue weighted by Gasteiger charge is 2.37. The van der Waals surface area contributed by atoms with Gasteiger partial charge in [-0.05, 0) is 7.05 Å². The average molecular weight is 181 g/mol. The van der Waals surface area contributed by atoms with E-state index >= 15 is 0 Å². The average Bonchev–Trinajstić information content (AvgIpc) is 2.35. The summed E-state index contributed by atoms with van der Waals surface area (Å²) >= 11 is 0. The topological polar surface area (TPSA) is 51.0 Å². The number of nitrogens with zero attached hydrogens (tertiary/aromatic N) is 2. The molecule has 0 radical (unpaired) electrons. The lowest BCUT2D eigenvalue weighted by atomic mass is 10.6. The van der Waals surface area contributed by atoms with Crippen LogP contribution in [-0.4, -0.2) is 17.2 Å². The highest BCUT2D eigenvalue weighted by molar-refractivity contribution is 4.85. The Balaban J connectivity index is 2.77. The Morgan fingerprint density at radius 3 is 2.50 bits per heavy atom. The fourth-order valence-corrected chi connectivity index (χ4v) is 0.591. The maximum atomic E-state index is 11.8. The summed E-state index contributed by atoms with van der Waals surface area (Å²) in [4.78, 5) is 0. The normalized spacial score (nSPS) is 12.0.